The predicted octanol–water partition coefficient (Wildman–Crippen LogP) is 2.37. The van der Waals surface area contributed by atoms with Crippen molar-refractivity contribution in [1.29, 1.82) is 0 Å². The van der Waals surface area contributed by atoms with Crippen LogP contribution in [0.15, 0.2) is 18.5 Å². The van der Waals surface area contributed by atoms with Gasteiger partial charge in [0, 0.05) is 32.5 Å². The van der Waals surface area contributed by atoms with E-state index in [1.165, 1.54) is 27.7 Å². The van der Waals surface area contributed by atoms with Gasteiger partial charge in [-0.05, 0) is 17.7 Å². The molecule has 33 heavy (non-hydrogen) atoms. The first-order chi connectivity index (χ1) is 16.0. The second-order valence-electron chi connectivity index (χ2n) is 7.63. The van der Waals surface area contributed by atoms with Gasteiger partial charge in [-0.15, -0.1) is 0 Å². The number of ether oxygens (including phenoxy) is 5. The van der Waals surface area contributed by atoms with E-state index >= 15 is 0 Å². The third-order valence-electron chi connectivity index (χ3n) is 5.81. The number of rotatable bonds is 8. The van der Waals surface area contributed by atoms with Gasteiger partial charge in [-0.2, -0.15) is 0 Å². The van der Waals surface area contributed by atoms with Crippen LogP contribution in [0, 0.1) is 10.1 Å². The Balaban J connectivity index is 1.55. The topological polar surface area (TPSA) is 130 Å². The van der Waals surface area contributed by atoms with Crippen LogP contribution in [-0.4, -0.2) is 68.3 Å². The van der Waals surface area contributed by atoms with Crippen LogP contribution in [0.5, 0.6) is 17.2 Å². The summed E-state index contributed by atoms with van der Waals surface area (Å²) < 4.78 is 27.6. The van der Waals surface area contributed by atoms with E-state index < -0.39 is 10.7 Å². The largest absolute Gasteiger partial charge is 0.493 e. The average molecular weight is 461 g/mol. The molecule has 0 unspecified atom stereocenters. The quantitative estimate of drug-likeness (QED) is 0.459. The van der Waals surface area contributed by atoms with E-state index in [4.69, 9.17) is 23.7 Å². The molecule has 0 radical (unpaired) electrons. The first-order valence-corrected chi connectivity index (χ1v) is 10.6. The van der Waals surface area contributed by atoms with E-state index in [2.05, 4.69) is 15.3 Å². The molecule has 1 spiro atoms. The normalized spacial score (nSPS) is 17.1. The minimum absolute atomic E-state index is 0.132. The molecule has 1 aromatic carbocycles. The molecule has 4 rings (SSSR count). The van der Waals surface area contributed by atoms with Crippen molar-refractivity contribution in [3.05, 3.63) is 34.1 Å². The molecule has 2 fully saturated rings. The maximum absolute atomic E-state index is 12.0. The number of anilines is 2. The molecule has 0 amide bonds. The Hall–Kier alpha value is -3.38. The number of piperidine rings is 1. The van der Waals surface area contributed by atoms with Crippen molar-refractivity contribution in [3.63, 3.8) is 0 Å². The molecule has 2 aliphatic heterocycles. The van der Waals surface area contributed by atoms with Crippen molar-refractivity contribution in [3.8, 4) is 17.2 Å². The highest BCUT2D eigenvalue weighted by molar-refractivity contribution is 5.70. The molecular formula is C21H27N5O7. The summed E-state index contributed by atoms with van der Waals surface area (Å²) in [4.78, 5) is 21.8. The molecule has 0 aliphatic carbocycles. The van der Waals surface area contributed by atoms with Crippen molar-refractivity contribution in [1.82, 2.24) is 9.97 Å². The summed E-state index contributed by atoms with van der Waals surface area (Å²) in [5.41, 5.74) is 0.601. The SMILES string of the molecule is COc1cc(CNc2ncnc(N3CCC4(CC3)OCCO4)c2[N+](=O)[O-])cc(OC)c1OC. The Kier molecular flexibility index (Phi) is 6.65. The minimum atomic E-state index is -0.578. The molecular weight excluding hydrogens is 434 g/mol. The number of methoxy groups -OCH3 is 3. The number of hydrogen-bond donors (Lipinski definition) is 1. The maximum atomic E-state index is 12.0. The van der Waals surface area contributed by atoms with Gasteiger partial charge in [-0.25, -0.2) is 9.97 Å². The first-order valence-electron chi connectivity index (χ1n) is 10.6. The van der Waals surface area contributed by atoms with Gasteiger partial charge < -0.3 is 33.9 Å². The summed E-state index contributed by atoms with van der Waals surface area (Å²) in [6, 6.07) is 3.54. The predicted molar refractivity (Wildman–Crippen MR) is 118 cm³/mol. The highest BCUT2D eigenvalue weighted by atomic mass is 16.7. The maximum Gasteiger partial charge on any atom is 0.353 e. The lowest BCUT2D eigenvalue weighted by Crippen LogP contribution is -2.45. The molecule has 0 atom stereocenters. The third kappa shape index (κ3) is 4.57. The van der Waals surface area contributed by atoms with Crippen LogP contribution in [0.25, 0.3) is 0 Å². The lowest BCUT2D eigenvalue weighted by atomic mass is 10.0. The lowest BCUT2D eigenvalue weighted by Gasteiger charge is -2.37. The van der Waals surface area contributed by atoms with Gasteiger partial charge in [-0.1, -0.05) is 0 Å². The van der Waals surface area contributed by atoms with Gasteiger partial charge in [-0.3, -0.25) is 10.1 Å². The Bertz CT molecular complexity index is 977. The summed E-state index contributed by atoms with van der Waals surface area (Å²) in [6.07, 6.45) is 2.55. The number of nitro groups is 1. The van der Waals surface area contributed by atoms with Crippen molar-refractivity contribution in [2.75, 3.05) is 57.8 Å². The standard InChI is InChI=1S/C21H27N5O7/c1-29-15-10-14(11-16(30-2)18(15)31-3)12-22-19-17(26(27)28)20(24-13-23-19)25-6-4-21(5-7-25)32-8-9-33-21/h10-11,13H,4-9,12H2,1-3H3,(H,22,23,24). The summed E-state index contributed by atoms with van der Waals surface area (Å²) in [7, 11) is 4.58. The zero-order chi connectivity index (χ0) is 23.4. The smallest absolute Gasteiger partial charge is 0.353 e. The molecule has 2 aromatic rings. The van der Waals surface area contributed by atoms with E-state index in [1.807, 2.05) is 4.90 Å². The second kappa shape index (κ2) is 9.63. The fourth-order valence-electron chi connectivity index (χ4n) is 4.17. The van der Waals surface area contributed by atoms with Crippen LogP contribution in [0.4, 0.5) is 17.3 Å². The summed E-state index contributed by atoms with van der Waals surface area (Å²) in [6.45, 7) is 2.46. The highest BCUT2D eigenvalue weighted by Crippen LogP contribution is 2.40. The Morgan fingerprint density at radius 1 is 1.09 bits per heavy atom. The number of nitrogens with zero attached hydrogens (tertiary/aromatic N) is 4. The molecule has 0 bridgehead atoms. The Labute approximate surface area is 190 Å². The summed E-state index contributed by atoms with van der Waals surface area (Å²) in [5.74, 6) is 1.28. The second-order valence-corrected chi connectivity index (χ2v) is 7.63. The zero-order valence-electron chi connectivity index (χ0n) is 18.8. The molecule has 3 heterocycles. The van der Waals surface area contributed by atoms with Crippen LogP contribution in [-0.2, 0) is 16.0 Å². The number of nitrogens with one attached hydrogen (secondary N) is 1. The van der Waals surface area contributed by atoms with Crippen LogP contribution in [0.3, 0.4) is 0 Å². The fourth-order valence-corrected chi connectivity index (χ4v) is 4.17. The zero-order valence-corrected chi connectivity index (χ0v) is 18.8. The Morgan fingerprint density at radius 3 is 2.27 bits per heavy atom. The fraction of sp³-hybridized carbons (Fsp3) is 0.524. The summed E-state index contributed by atoms with van der Waals surface area (Å²) >= 11 is 0. The van der Waals surface area contributed by atoms with Crippen molar-refractivity contribution < 1.29 is 28.6 Å². The van der Waals surface area contributed by atoms with Gasteiger partial charge in [0.05, 0.1) is 39.5 Å². The van der Waals surface area contributed by atoms with Crippen LogP contribution in [0.1, 0.15) is 18.4 Å². The van der Waals surface area contributed by atoms with E-state index in [9.17, 15) is 10.1 Å². The van der Waals surface area contributed by atoms with Crippen molar-refractivity contribution >= 4 is 17.3 Å². The highest BCUT2D eigenvalue weighted by Gasteiger charge is 2.41. The van der Waals surface area contributed by atoms with Crippen LogP contribution < -0.4 is 24.4 Å². The molecule has 12 nitrogen and oxygen atoms in total. The average Bonchev–Trinajstić information content (AvgIpc) is 3.29. The third-order valence-corrected chi connectivity index (χ3v) is 5.81. The van der Waals surface area contributed by atoms with Gasteiger partial charge in [0.2, 0.25) is 17.4 Å². The van der Waals surface area contributed by atoms with Crippen LogP contribution >= 0.6 is 0 Å². The molecule has 178 valence electrons. The van der Waals surface area contributed by atoms with Gasteiger partial charge in [0.15, 0.2) is 17.3 Å². The Morgan fingerprint density at radius 2 is 1.73 bits per heavy atom. The number of benzene rings is 1. The molecule has 12 heteroatoms. The van der Waals surface area contributed by atoms with E-state index in [-0.39, 0.29) is 23.9 Å². The van der Waals surface area contributed by atoms with Gasteiger partial charge >= 0.3 is 5.69 Å². The first kappa shape index (κ1) is 22.8. The van der Waals surface area contributed by atoms with Gasteiger partial charge in [0.25, 0.3) is 0 Å². The van der Waals surface area contributed by atoms with E-state index in [1.54, 1.807) is 12.1 Å². The lowest BCUT2D eigenvalue weighted by molar-refractivity contribution is -0.383. The van der Waals surface area contributed by atoms with E-state index in [0.29, 0.717) is 56.4 Å². The summed E-state index contributed by atoms with van der Waals surface area (Å²) in [5, 5.41) is 15.0. The minimum Gasteiger partial charge on any atom is -0.493 e. The van der Waals surface area contributed by atoms with Crippen molar-refractivity contribution in [2.24, 2.45) is 0 Å². The molecule has 0 saturated carbocycles. The molecule has 2 aliphatic rings. The number of aromatic nitrogens is 2. The molecule has 2 saturated heterocycles. The van der Waals surface area contributed by atoms with Crippen LogP contribution in [0.2, 0.25) is 0 Å². The molecule has 1 N–H and O–H groups in total. The van der Waals surface area contributed by atoms with Crippen molar-refractivity contribution in [2.45, 2.75) is 25.2 Å². The number of hydrogen-bond acceptors (Lipinski definition) is 11. The monoisotopic (exact) mass is 461 g/mol. The van der Waals surface area contributed by atoms with Gasteiger partial charge in [0.1, 0.15) is 6.33 Å². The van der Waals surface area contributed by atoms with E-state index in [0.717, 1.165) is 5.56 Å². The molecule has 1 aromatic heterocycles.